The zero-order chi connectivity index (χ0) is 25.6. The topological polar surface area (TPSA) is 135 Å². The van der Waals surface area contributed by atoms with Crippen LogP contribution < -0.4 is 0 Å². The van der Waals surface area contributed by atoms with Crippen LogP contribution in [0.3, 0.4) is 0 Å². The van der Waals surface area contributed by atoms with Crippen molar-refractivity contribution in [1.29, 1.82) is 0 Å². The zero-order valence-electron chi connectivity index (χ0n) is 19.7. The maximum atomic E-state index is 13.0. The van der Waals surface area contributed by atoms with Gasteiger partial charge in [0.1, 0.15) is 24.4 Å². The normalized spacial score (nSPS) is 27.0. The van der Waals surface area contributed by atoms with Gasteiger partial charge in [0.15, 0.2) is 12.1 Å². The molecule has 0 amide bonds. The second-order valence-electron chi connectivity index (χ2n) is 9.01. The van der Waals surface area contributed by atoms with Gasteiger partial charge in [0.2, 0.25) is 0 Å². The highest BCUT2D eigenvalue weighted by atomic mass is 32.2. The van der Waals surface area contributed by atoms with Crippen LogP contribution in [-0.4, -0.2) is 65.0 Å². The van der Waals surface area contributed by atoms with Crippen molar-refractivity contribution in [2.45, 2.75) is 74.0 Å². The quantitative estimate of drug-likeness (QED) is 0.507. The van der Waals surface area contributed by atoms with E-state index in [0.717, 1.165) is 11.1 Å². The molecule has 1 N–H and O–H groups in total. The first-order chi connectivity index (χ1) is 16.3. The molecule has 2 heterocycles. The summed E-state index contributed by atoms with van der Waals surface area (Å²) < 4.78 is 78.9. The van der Waals surface area contributed by atoms with Gasteiger partial charge in [-0.2, -0.15) is 16.8 Å². The predicted octanol–water partition coefficient (Wildman–Crippen LogP) is 2.02. The molecular weight excluding hydrogens is 500 g/mol. The van der Waals surface area contributed by atoms with Crippen LogP contribution in [0.5, 0.6) is 0 Å². The fourth-order valence-electron chi connectivity index (χ4n) is 3.85. The summed E-state index contributed by atoms with van der Waals surface area (Å²) >= 11 is 0. The Hall–Kier alpha value is -1.90. The number of aliphatic hydroxyl groups excluding tert-OH is 1. The average molecular weight is 529 g/mol. The molecule has 2 saturated heterocycles. The number of fused-ring (bicyclic) bond motifs is 1. The third-order valence-corrected chi connectivity index (χ3v) is 8.32. The maximum Gasteiger partial charge on any atom is 0.297 e. The van der Waals surface area contributed by atoms with E-state index in [1.807, 2.05) is 0 Å². The van der Waals surface area contributed by atoms with Crippen LogP contribution in [0.2, 0.25) is 0 Å². The van der Waals surface area contributed by atoms with Crippen LogP contribution in [0.25, 0.3) is 0 Å². The standard InChI is InChI=1S/C23H28O10S2/c1-14-5-9-16(10-6-14)34(25,26)29-13-18(33-35(27,28)17-11-7-15(2)8-12-17)20-19(24)21-22(30-20)32-23(3,4)31-21/h5-12,18-22,24H,13H2,1-4H3. The van der Waals surface area contributed by atoms with E-state index in [9.17, 15) is 21.9 Å². The summed E-state index contributed by atoms with van der Waals surface area (Å²) in [6, 6.07) is 11.9. The van der Waals surface area contributed by atoms with E-state index in [1.165, 1.54) is 24.3 Å². The molecule has 2 aromatic carbocycles. The summed E-state index contributed by atoms with van der Waals surface area (Å²) in [6.07, 6.45) is -6.12. The molecule has 0 bridgehead atoms. The lowest BCUT2D eigenvalue weighted by molar-refractivity contribution is -0.225. The predicted molar refractivity (Wildman–Crippen MR) is 122 cm³/mol. The van der Waals surface area contributed by atoms with Crippen LogP contribution in [0.15, 0.2) is 58.3 Å². The van der Waals surface area contributed by atoms with Gasteiger partial charge in [-0.3, -0.25) is 8.37 Å². The second-order valence-corrected chi connectivity index (χ2v) is 12.2. The summed E-state index contributed by atoms with van der Waals surface area (Å²) in [5, 5.41) is 10.8. The molecule has 4 rings (SSSR count). The highest BCUT2D eigenvalue weighted by Gasteiger charge is 2.57. The maximum absolute atomic E-state index is 13.0. The Balaban J connectivity index is 1.58. The summed E-state index contributed by atoms with van der Waals surface area (Å²) in [7, 11) is -8.63. The monoisotopic (exact) mass is 528 g/mol. The van der Waals surface area contributed by atoms with Crippen molar-refractivity contribution < 1.29 is 44.5 Å². The fraction of sp³-hybridized carbons (Fsp3) is 0.478. The van der Waals surface area contributed by atoms with Crippen molar-refractivity contribution in [3.8, 4) is 0 Å². The van der Waals surface area contributed by atoms with Gasteiger partial charge in [-0.15, -0.1) is 0 Å². The third-order valence-electron chi connectivity index (χ3n) is 5.68. The fourth-order valence-corrected chi connectivity index (χ4v) is 5.84. The SMILES string of the molecule is Cc1ccc(S(=O)(=O)OCC(OS(=O)(=O)c2ccc(C)cc2)C2OC3OC(C)(C)OC3C2O)cc1. The van der Waals surface area contributed by atoms with Crippen molar-refractivity contribution in [2.24, 2.45) is 0 Å². The molecule has 35 heavy (non-hydrogen) atoms. The van der Waals surface area contributed by atoms with Crippen LogP contribution in [0, 0.1) is 13.8 Å². The third kappa shape index (κ3) is 5.75. The Morgan fingerprint density at radius 2 is 1.40 bits per heavy atom. The molecule has 5 atom stereocenters. The lowest BCUT2D eigenvalue weighted by Gasteiger charge is -2.28. The van der Waals surface area contributed by atoms with Crippen molar-refractivity contribution in [2.75, 3.05) is 6.61 Å². The van der Waals surface area contributed by atoms with Crippen LogP contribution in [-0.2, 0) is 42.8 Å². The molecule has 2 fully saturated rings. The molecule has 2 aliphatic rings. The number of hydrogen-bond acceptors (Lipinski definition) is 10. The molecule has 0 saturated carbocycles. The summed E-state index contributed by atoms with van der Waals surface area (Å²) in [5.41, 5.74) is 1.69. The van der Waals surface area contributed by atoms with Crippen molar-refractivity contribution in [3.63, 3.8) is 0 Å². The number of ether oxygens (including phenoxy) is 3. The molecule has 12 heteroatoms. The van der Waals surface area contributed by atoms with E-state index in [-0.39, 0.29) is 9.79 Å². The molecule has 2 aliphatic heterocycles. The first-order valence-electron chi connectivity index (χ1n) is 10.9. The van der Waals surface area contributed by atoms with Crippen LogP contribution in [0.4, 0.5) is 0 Å². The second kappa shape index (κ2) is 9.52. The van der Waals surface area contributed by atoms with E-state index in [4.69, 9.17) is 22.6 Å². The lowest BCUT2D eigenvalue weighted by atomic mass is 10.1. The van der Waals surface area contributed by atoms with Gasteiger partial charge in [0, 0.05) is 0 Å². The Bertz CT molecular complexity index is 1250. The summed E-state index contributed by atoms with van der Waals surface area (Å²) in [4.78, 5) is -0.253. The molecular formula is C23H28O10S2. The number of aryl methyl sites for hydroxylation is 2. The van der Waals surface area contributed by atoms with Gasteiger partial charge in [0.05, 0.1) is 16.4 Å². The van der Waals surface area contributed by atoms with E-state index >= 15 is 0 Å². The number of hydrogen-bond donors (Lipinski definition) is 1. The highest BCUT2D eigenvalue weighted by Crippen LogP contribution is 2.39. The Morgan fingerprint density at radius 3 is 1.91 bits per heavy atom. The van der Waals surface area contributed by atoms with Crippen molar-refractivity contribution in [3.05, 3.63) is 59.7 Å². The molecule has 10 nitrogen and oxygen atoms in total. The Kier molecular flexibility index (Phi) is 7.12. The van der Waals surface area contributed by atoms with E-state index in [1.54, 1.807) is 52.0 Å². The summed E-state index contributed by atoms with van der Waals surface area (Å²) in [5.74, 6) is -1.02. The first kappa shape index (κ1) is 26.2. The largest absolute Gasteiger partial charge is 0.387 e. The van der Waals surface area contributed by atoms with E-state index < -0.39 is 63.3 Å². The van der Waals surface area contributed by atoms with Crippen LogP contribution in [0.1, 0.15) is 25.0 Å². The van der Waals surface area contributed by atoms with E-state index in [0.29, 0.717) is 0 Å². The van der Waals surface area contributed by atoms with Gasteiger partial charge in [0.25, 0.3) is 20.2 Å². The minimum Gasteiger partial charge on any atom is -0.387 e. The van der Waals surface area contributed by atoms with Crippen molar-refractivity contribution in [1.82, 2.24) is 0 Å². The van der Waals surface area contributed by atoms with Gasteiger partial charge in [-0.25, -0.2) is 0 Å². The number of aliphatic hydroxyl groups is 1. The highest BCUT2D eigenvalue weighted by molar-refractivity contribution is 7.87. The van der Waals surface area contributed by atoms with Gasteiger partial charge < -0.3 is 19.3 Å². The molecule has 0 aliphatic carbocycles. The van der Waals surface area contributed by atoms with Crippen molar-refractivity contribution >= 4 is 20.2 Å². The van der Waals surface area contributed by atoms with Gasteiger partial charge in [-0.1, -0.05) is 35.4 Å². The first-order valence-corrected chi connectivity index (χ1v) is 13.7. The molecule has 192 valence electrons. The molecule has 0 aromatic heterocycles. The number of benzene rings is 2. The average Bonchev–Trinajstić information content (AvgIpc) is 3.24. The van der Waals surface area contributed by atoms with Gasteiger partial charge >= 0.3 is 0 Å². The Morgan fingerprint density at radius 1 is 0.886 bits per heavy atom. The zero-order valence-corrected chi connectivity index (χ0v) is 21.3. The Labute approximate surface area is 205 Å². The van der Waals surface area contributed by atoms with E-state index in [2.05, 4.69) is 0 Å². The minimum atomic E-state index is -4.37. The minimum absolute atomic E-state index is 0.110. The summed E-state index contributed by atoms with van der Waals surface area (Å²) in [6.45, 7) is 6.14. The number of rotatable bonds is 8. The molecule has 5 unspecified atom stereocenters. The van der Waals surface area contributed by atoms with Crippen LogP contribution >= 0.6 is 0 Å². The lowest BCUT2D eigenvalue weighted by Crippen LogP contribution is -2.45. The molecule has 2 aromatic rings. The smallest absolute Gasteiger partial charge is 0.297 e. The molecule has 0 radical (unpaired) electrons. The molecule has 0 spiro atoms. The van der Waals surface area contributed by atoms with Gasteiger partial charge in [-0.05, 0) is 52.0 Å².